The summed E-state index contributed by atoms with van der Waals surface area (Å²) in [5, 5.41) is 6.54. The standard InChI is InChI=1S/C16H32N4O/c1-13(2)15(20-10-8-19(3)9-11-20)12-18-16(21)14-4-6-17-7-5-14/h13-15,17H,4-12H2,1-3H3,(H,18,21). The SMILES string of the molecule is CC(C)C(CNC(=O)C1CCNCC1)N1CCN(C)CC1. The van der Waals surface area contributed by atoms with E-state index in [1.807, 2.05) is 0 Å². The second-order valence-corrected chi connectivity index (χ2v) is 6.92. The fourth-order valence-corrected chi connectivity index (χ4v) is 3.37. The summed E-state index contributed by atoms with van der Waals surface area (Å²) in [4.78, 5) is 17.2. The summed E-state index contributed by atoms with van der Waals surface area (Å²) in [5.74, 6) is 1.05. The summed E-state index contributed by atoms with van der Waals surface area (Å²) in [7, 11) is 2.18. The smallest absolute Gasteiger partial charge is 0.223 e. The van der Waals surface area contributed by atoms with Gasteiger partial charge in [0.2, 0.25) is 5.91 Å². The Morgan fingerprint density at radius 1 is 1.19 bits per heavy atom. The highest BCUT2D eigenvalue weighted by Gasteiger charge is 2.27. The molecule has 2 saturated heterocycles. The first-order valence-electron chi connectivity index (χ1n) is 8.49. The third kappa shape index (κ3) is 4.94. The third-order valence-corrected chi connectivity index (χ3v) is 4.97. The molecule has 2 heterocycles. The van der Waals surface area contributed by atoms with Gasteiger partial charge in [-0.3, -0.25) is 9.69 Å². The molecule has 0 spiro atoms. The van der Waals surface area contributed by atoms with E-state index in [-0.39, 0.29) is 11.8 Å². The number of amides is 1. The molecule has 122 valence electrons. The molecule has 2 fully saturated rings. The molecule has 0 aromatic heterocycles. The van der Waals surface area contributed by atoms with Crippen molar-refractivity contribution in [2.75, 3.05) is 52.9 Å². The highest BCUT2D eigenvalue weighted by atomic mass is 16.1. The maximum atomic E-state index is 12.3. The minimum atomic E-state index is 0.214. The summed E-state index contributed by atoms with van der Waals surface area (Å²) in [6, 6.07) is 0.462. The maximum absolute atomic E-state index is 12.3. The van der Waals surface area contributed by atoms with Crippen LogP contribution in [0, 0.1) is 11.8 Å². The summed E-state index contributed by atoms with van der Waals surface area (Å²) in [6.07, 6.45) is 1.96. The Labute approximate surface area is 129 Å². The van der Waals surface area contributed by atoms with Crippen molar-refractivity contribution in [3.63, 3.8) is 0 Å². The van der Waals surface area contributed by atoms with Gasteiger partial charge in [-0.25, -0.2) is 0 Å². The molecule has 2 rings (SSSR count). The van der Waals surface area contributed by atoms with Crippen LogP contribution in [0.25, 0.3) is 0 Å². The first-order chi connectivity index (χ1) is 10.1. The summed E-state index contributed by atoms with van der Waals surface area (Å²) >= 11 is 0. The number of likely N-dealkylation sites (N-methyl/N-ethyl adjacent to an activating group) is 1. The van der Waals surface area contributed by atoms with Crippen LogP contribution < -0.4 is 10.6 Å². The Hall–Kier alpha value is -0.650. The molecular weight excluding hydrogens is 264 g/mol. The number of carbonyl (C=O) groups is 1. The van der Waals surface area contributed by atoms with Gasteiger partial charge in [0.15, 0.2) is 0 Å². The molecule has 1 unspecified atom stereocenters. The van der Waals surface area contributed by atoms with Crippen LogP contribution in [-0.2, 0) is 4.79 Å². The van der Waals surface area contributed by atoms with Gasteiger partial charge in [-0.05, 0) is 38.9 Å². The number of nitrogens with one attached hydrogen (secondary N) is 2. The minimum Gasteiger partial charge on any atom is -0.354 e. The Kier molecular flexibility index (Phi) is 6.45. The zero-order chi connectivity index (χ0) is 15.2. The number of nitrogens with zero attached hydrogens (tertiary/aromatic N) is 2. The fraction of sp³-hybridized carbons (Fsp3) is 0.938. The van der Waals surface area contributed by atoms with Crippen molar-refractivity contribution in [1.82, 2.24) is 20.4 Å². The molecule has 0 aromatic rings. The minimum absolute atomic E-state index is 0.214. The molecule has 2 aliphatic heterocycles. The lowest BCUT2D eigenvalue weighted by atomic mass is 9.96. The van der Waals surface area contributed by atoms with E-state index in [1.54, 1.807) is 0 Å². The van der Waals surface area contributed by atoms with Crippen molar-refractivity contribution in [2.45, 2.75) is 32.7 Å². The van der Waals surface area contributed by atoms with Crippen LogP contribution in [-0.4, -0.2) is 74.6 Å². The van der Waals surface area contributed by atoms with Crippen LogP contribution in [0.15, 0.2) is 0 Å². The van der Waals surface area contributed by atoms with E-state index in [9.17, 15) is 4.79 Å². The first-order valence-corrected chi connectivity index (χ1v) is 8.49. The van der Waals surface area contributed by atoms with Gasteiger partial charge in [-0.15, -0.1) is 0 Å². The number of rotatable bonds is 5. The molecule has 0 radical (unpaired) electrons. The van der Waals surface area contributed by atoms with E-state index in [0.717, 1.165) is 58.7 Å². The van der Waals surface area contributed by atoms with E-state index >= 15 is 0 Å². The zero-order valence-corrected chi connectivity index (χ0v) is 13.9. The van der Waals surface area contributed by atoms with Crippen molar-refractivity contribution in [3.8, 4) is 0 Å². The molecule has 0 saturated carbocycles. The topological polar surface area (TPSA) is 47.6 Å². The van der Waals surface area contributed by atoms with E-state index in [1.165, 1.54) is 0 Å². The van der Waals surface area contributed by atoms with Crippen molar-refractivity contribution < 1.29 is 4.79 Å². The van der Waals surface area contributed by atoms with E-state index in [4.69, 9.17) is 0 Å². The van der Waals surface area contributed by atoms with E-state index < -0.39 is 0 Å². The van der Waals surface area contributed by atoms with Gasteiger partial charge in [0.05, 0.1) is 0 Å². The number of piperazine rings is 1. The lowest BCUT2D eigenvalue weighted by Gasteiger charge is -2.40. The van der Waals surface area contributed by atoms with Crippen molar-refractivity contribution >= 4 is 5.91 Å². The third-order valence-electron chi connectivity index (χ3n) is 4.97. The Morgan fingerprint density at radius 2 is 1.81 bits per heavy atom. The first kappa shape index (κ1) is 16.7. The fourth-order valence-electron chi connectivity index (χ4n) is 3.37. The van der Waals surface area contributed by atoms with Crippen LogP contribution in [0.5, 0.6) is 0 Å². The molecule has 2 N–H and O–H groups in total. The molecule has 2 aliphatic rings. The average Bonchev–Trinajstić information content (AvgIpc) is 2.49. The normalized spacial score (nSPS) is 24.2. The predicted octanol–water partition coefficient (Wildman–Crippen LogP) is 0.374. The van der Waals surface area contributed by atoms with Crippen LogP contribution in [0.2, 0.25) is 0 Å². The molecule has 21 heavy (non-hydrogen) atoms. The van der Waals surface area contributed by atoms with Gasteiger partial charge in [0.1, 0.15) is 0 Å². The Bertz CT molecular complexity index is 320. The quantitative estimate of drug-likeness (QED) is 0.770. The molecule has 0 bridgehead atoms. The number of hydrogen-bond acceptors (Lipinski definition) is 4. The van der Waals surface area contributed by atoms with Crippen molar-refractivity contribution in [3.05, 3.63) is 0 Å². The molecule has 0 aliphatic carbocycles. The van der Waals surface area contributed by atoms with Gasteiger partial charge >= 0.3 is 0 Å². The van der Waals surface area contributed by atoms with Gasteiger partial charge in [0, 0.05) is 44.7 Å². The number of piperidine rings is 1. The Balaban J connectivity index is 1.80. The second-order valence-electron chi connectivity index (χ2n) is 6.92. The van der Waals surface area contributed by atoms with Crippen molar-refractivity contribution in [2.24, 2.45) is 11.8 Å². The van der Waals surface area contributed by atoms with Gasteiger partial charge < -0.3 is 15.5 Å². The van der Waals surface area contributed by atoms with Gasteiger partial charge in [-0.2, -0.15) is 0 Å². The van der Waals surface area contributed by atoms with Gasteiger partial charge in [0.25, 0.3) is 0 Å². The maximum Gasteiger partial charge on any atom is 0.223 e. The highest BCUT2D eigenvalue weighted by Crippen LogP contribution is 2.15. The number of carbonyl (C=O) groups excluding carboxylic acids is 1. The van der Waals surface area contributed by atoms with Crippen LogP contribution in [0.1, 0.15) is 26.7 Å². The second kappa shape index (κ2) is 8.11. The molecule has 0 aromatic carbocycles. The van der Waals surface area contributed by atoms with Crippen LogP contribution in [0.4, 0.5) is 0 Å². The molecule has 1 atom stereocenters. The van der Waals surface area contributed by atoms with E-state index in [2.05, 4.69) is 41.3 Å². The monoisotopic (exact) mass is 296 g/mol. The molecular formula is C16H32N4O. The largest absolute Gasteiger partial charge is 0.354 e. The lowest BCUT2D eigenvalue weighted by Crippen LogP contribution is -2.54. The Morgan fingerprint density at radius 3 is 2.38 bits per heavy atom. The highest BCUT2D eigenvalue weighted by molar-refractivity contribution is 5.78. The van der Waals surface area contributed by atoms with Crippen LogP contribution >= 0.6 is 0 Å². The van der Waals surface area contributed by atoms with E-state index in [0.29, 0.717) is 12.0 Å². The predicted molar refractivity (Wildman–Crippen MR) is 86.3 cm³/mol. The average molecular weight is 296 g/mol. The van der Waals surface area contributed by atoms with Gasteiger partial charge in [-0.1, -0.05) is 13.8 Å². The van der Waals surface area contributed by atoms with Crippen molar-refractivity contribution in [1.29, 1.82) is 0 Å². The summed E-state index contributed by atoms with van der Waals surface area (Å²) in [5.41, 5.74) is 0. The molecule has 1 amide bonds. The molecule has 5 nitrogen and oxygen atoms in total. The number of hydrogen-bond donors (Lipinski definition) is 2. The van der Waals surface area contributed by atoms with Crippen LogP contribution in [0.3, 0.4) is 0 Å². The lowest BCUT2D eigenvalue weighted by molar-refractivity contribution is -0.126. The summed E-state index contributed by atoms with van der Waals surface area (Å²) in [6.45, 7) is 11.8. The summed E-state index contributed by atoms with van der Waals surface area (Å²) < 4.78 is 0. The zero-order valence-electron chi connectivity index (χ0n) is 13.9. The molecule has 5 heteroatoms.